The molecule has 0 spiro atoms. The van der Waals surface area contributed by atoms with Gasteiger partial charge in [0.15, 0.2) is 0 Å². The molecule has 0 aliphatic carbocycles. The highest BCUT2D eigenvalue weighted by molar-refractivity contribution is 9.10. The van der Waals surface area contributed by atoms with Crippen molar-refractivity contribution in [2.24, 2.45) is 0 Å². The molecule has 0 saturated heterocycles. The summed E-state index contributed by atoms with van der Waals surface area (Å²) in [5.41, 5.74) is 3.25. The highest BCUT2D eigenvalue weighted by atomic mass is 79.9. The van der Waals surface area contributed by atoms with Crippen molar-refractivity contribution in [2.45, 2.75) is 19.9 Å². The van der Waals surface area contributed by atoms with E-state index in [1.807, 2.05) is 60.7 Å². The summed E-state index contributed by atoms with van der Waals surface area (Å²) in [5.74, 6) is 0.789. The number of benzene rings is 3. The summed E-state index contributed by atoms with van der Waals surface area (Å²) >= 11 is 6.86. The summed E-state index contributed by atoms with van der Waals surface area (Å²) in [6.45, 7) is 2.95. The third-order valence-corrected chi connectivity index (χ3v) is 5.86. The number of rotatable bonds is 6. The van der Waals surface area contributed by atoms with Gasteiger partial charge in [-0.05, 0) is 55.0 Å². The number of ether oxygens (including phenoxy) is 1. The van der Waals surface area contributed by atoms with Gasteiger partial charge in [-0.2, -0.15) is 0 Å². The molecule has 4 rings (SSSR count). The molecule has 0 unspecified atom stereocenters. The summed E-state index contributed by atoms with van der Waals surface area (Å²) in [5, 5.41) is 0. The fraction of sp³-hybridized carbons (Fsp3) is 0.120. The Bertz CT molecular complexity index is 1240. The van der Waals surface area contributed by atoms with Crippen molar-refractivity contribution in [2.75, 3.05) is 0 Å². The molecule has 1 aromatic heterocycles. The number of aryl methyl sites for hydroxylation is 1. The van der Waals surface area contributed by atoms with E-state index in [-0.39, 0.29) is 0 Å². The average Bonchev–Trinajstić information content (AvgIpc) is 3.12. The topological polar surface area (TPSA) is 44.1 Å². The van der Waals surface area contributed by atoms with Gasteiger partial charge in [-0.15, -0.1) is 0 Å². The first-order valence-corrected chi connectivity index (χ1v) is 11.5. The third-order valence-electron chi connectivity index (χ3n) is 4.80. The van der Waals surface area contributed by atoms with Crippen molar-refractivity contribution < 1.29 is 9.53 Å². The number of hydrogen-bond acceptors (Lipinski definition) is 3. The maximum absolute atomic E-state index is 12.9. The summed E-state index contributed by atoms with van der Waals surface area (Å²) in [6, 6.07) is 22.8. The largest absolute Gasteiger partial charge is 0.422 e. The zero-order chi connectivity index (χ0) is 21.8. The number of fused-ring (bicyclic) bond motifs is 1. The van der Waals surface area contributed by atoms with Crippen LogP contribution < -0.4 is 0 Å². The third kappa shape index (κ3) is 4.97. The van der Waals surface area contributed by atoms with Gasteiger partial charge in [-0.25, -0.2) is 9.78 Å². The number of esters is 1. The first-order valence-electron chi connectivity index (χ1n) is 9.96. The van der Waals surface area contributed by atoms with Crippen LogP contribution in [0.2, 0.25) is 0 Å². The van der Waals surface area contributed by atoms with Gasteiger partial charge in [-0.1, -0.05) is 63.0 Å². The quantitative estimate of drug-likeness (QED) is 0.190. The van der Waals surface area contributed by atoms with Crippen LogP contribution >= 0.6 is 31.9 Å². The first-order chi connectivity index (χ1) is 15.0. The zero-order valence-electron chi connectivity index (χ0n) is 16.9. The molecule has 0 aliphatic rings. The number of imidazole rings is 1. The van der Waals surface area contributed by atoms with E-state index >= 15 is 0 Å². The lowest BCUT2D eigenvalue weighted by atomic mass is 10.1. The second kappa shape index (κ2) is 9.62. The zero-order valence-corrected chi connectivity index (χ0v) is 20.1. The molecule has 0 saturated carbocycles. The Labute approximate surface area is 197 Å². The predicted octanol–water partition coefficient (Wildman–Crippen LogP) is 7.33. The second-order valence-corrected chi connectivity index (χ2v) is 8.85. The van der Waals surface area contributed by atoms with E-state index < -0.39 is 5.97 Å². The summed E-state index contributed by atoms with van der Waals surface area (Å²) in [6.07, 6.45) is 2.81. The van der Waals surface area contributed by atoms with Crippen LogP contribution in [0.3, 0.4) is 0 Å². The standard InChI is InChI=1S/C25H20Br2N2O2/c1-2-15-29-22-6-4-3-5-21(22)28-24(29)16-23(17-7-11-19(26)12-8-17)31-25(30)18-9-13-20(27)14-10-18/h3-14,16H,2,15H2,1H3. The highest BCUT2D eigenvalue weighted by Crippen LogP contribution is 2.26. The smallest absolute Gasteiger partial charge is 0.343 e. The average molecular weight is 540 g/mol. The van der Waals surface area contributed by atoms with Crippen LogP contribution in [0, 0.1) is 0 Å². The number of halogens is 2. The van der Waals surface area contributed by atoms with Gasteiger partial charge in [0.1, 0.15) is 11.6 Å². The Morgan fingerprint density at radius 3 is 2.19 bits per heavy atom. The molecule has 6 heteroatoms. The van der Waals surface area contributed by atoms with Crippen LogP contribution in [0.1, 0.15) is 35.1 Å². The predicted molar refractivity (Wildman–Crippen MR) is 132 cm³/mol. The van der Waals surface area contributed by atoms with Gasteiger partial charge in [-0.3, -0.25) is 0 Å². The molecule has 31 heavy (non-hydrogen) atoms. The van der Waals surface area contributed by atoms with E-state index in [0.29, 0.717) is 11.3 Å². The van der Waals surface area contributed by atoms with Crippen molar-refractivity contribution in [3.8, 4) is 0 Å². The van der Waals surface area contributed by atoms with E-state index in [2.05, 4.69) is 49.4 Å². The van der Waals surface area contributed by atoms with E-state index in [1.165, 1.54) is 0 Å². The molecule has 0 fully saturated rings. The van der Waals surface area contributed by atoms with Gasteiger partial charge < -0.3 is 9.30 Å². The number of hydrogen-bond donors (Lipinski definition) is 0. The summed E-state index contributed by atoms with van der Waals surface area (Å²) in [7, 11) is 0. The molecule has 0 bridgehead atoms. The summed E-state index contributed by atoms with van der Waals surface area (Å²) < 4.78 is 9.88. The molecule has 1 heterocycles. The molecule has 4 nitrogen and oxygen atoms in total. The van der Waals surface area contributed by atoms with Crippen LogP contribution in [0.5, 0.6) is 0 Å². The Morgan fingerprint density at radius 2 is 1.55 bits per heavy atom. The maximum atomic E-state index is 12.9. The molecule has 0 radical (unpaired) electrons. The number of aromatic nitrogens is 2. The molecule has 0 atom stereocenters. The van der Waals surface area contributed by atoms with Crippen LogP contribution in [0.15, 0.2) is 81.7 Å². The molecule has 0 aliphatic heterocycles. The second-order valence-electron chi connectivity index (χ2n) is 7.02. The Kier molecular flexibility index (Phi) is 6.68. The van der Waals surface area contributed by atoms with E-state index in [4.69, 9.17) is 9.72 Å². The number of carbonyl (C=O) groups is 1. The summed E-state index contributed by atoms with van der Waals surface area (Å²) in [4.78, 5) is 17.7. The lowest BCUT2D eigenvalue weighted by Crippen LogP contribution is -2.06. The SMILES string of the molecule is CCCn1c(C=C(OC(=O)c2ccc(Br)cc2)c2ccc(Br)cc2)nc2ccccc21. The van der Waals surface area contributed by atoms with Gasteiger partial charge in [0.2, 0.25) is 0 Å². The van der Waals surface area contributed by atoms with Crippen molar-refractivity contribution >= 4 is 60.7 Å². The highest BCUT2D eigenvalue weighted by Gasteiger charge is 2.15. The minimum Gasteiger partial charge on any atom is -0.422 e. The lowest BCUT2D eigenvalue weighted by molar-refractivity contribution is 0.0693. The van der Waals surface area contributed by atoms with Crippen molar-refractivity contribution in [3.05, 3.63) is 98.7 Å². The normalized spacial score (nSPS) is 11.6. The van der Waals surface area contributed by atoms with E-state index in [1.54, 1.807) is 12.1 Å². The molecule has 156 valence electrons. The molecule has 0 N–H and O–H groups in total. The van der Waals surface area contributed by atoms with Crippen molar-refractivity contribution in [3.63, 3.8) is 0 Å². The maximum Gasteiger partial charge on any atom is 0.343 e. The minimum atomic E-state index is -0.417. The van der Waals surface area contributed by atoms with Gasteiger partial charge in [0.05, 0.1) is 16.6 Å². The van der Waals surface area contributed by atoms with Gasteiger partial charge >= 0.3 is 5.97 Å². The molecule has 3 aromatic carbocycles. The fourth-order valence-corrected chi connectivity index (χ4v) is 3.84. The van der Waals surface area contributed by atoms with Crippen molar-refractivity contribution in [1.82, 2.24) is 9.55 Å². The number of carbonyl (C=O) groups excluding carboxylic acids is 1. The Morgan fingerprint density at radius 1 is 0.935 bits per heavy atom. The van der Waals surface area contributed by atoms with Crippen molar-refractivity contribution in [1.29, 1.82) is 0 Å². The molecular formula is C25H20Br2N2O2. The fourth-order valence-electron chi connectivity index (χ4n) is 3.31. The van der Waals surface area contributed by atoms with E-state index in [9.17, 15) is 4.79 Å². The Hall–Kier alpha value is -2.70. The Balaban J connectivity index is 1.79. The first kappa shape index (κ1) is 21.5. The number of para-hydroxylation sites is 2. The van der Waals surface area contributed by atoms with Crippen LogP contribution in [0.25, 0.3) is 22.9 Å². The lowest BCUT2D eigenvalue weighted by Gasteiger charge is -2.11. The molecule has 0 amide bonds. The number of nitrogens with zero attached hydrogens (tertiary/aromatic N) is 2. The van der Waals surface area contributed by atoms with Gasteiger partial charge in [0, 0.05) is 27.1 Å². The van der Waals surface area contributed by atoms with E-state index in [0.717, 1.165) is 44.3 Å². The van der Waals surface area contributed by atoms with Crippen LogP contribution in [0.4, 0.5) is 0 Å². The molecule has 4 aromatic rings. The molecular weight excluding hydrogens is 520 g/mol. The minimum absolute atomic E-state index is 0.417. The monoisotopic (exact) mass is 538 g/mol. The van der Waals surface area contributed by atoms with Gasteiger partial charge in [0.25, 0.3) is 0 Å². The van der Waals surface area contributed by atoms with Crippen LogP contribution in [-0.4, -0.2) is 15.5 Å². The van der Waals surface area contributed by atoms with Crippen LogP contribution in [-0.2, 0) is 11.3 Å².